The van der Waals surface area contributed by atoms with Crippen LogP contribution < -0.4 is 25.0 Å². The fourth-order valence-corrected chi connectivity index (χ4v) is 4.18. The summed E-state index contributed by atoms with van der Waals surface area (Å²) in [4.78, 5) is 30.0. The number of hydrogen-bond donors (Lipinski definition) is 3. The molecule has 0 atom stereocenters. The number of carbonyl (C=O) groups is 2. The summed E-state index contributed by atoms with van der Waals surface area (Å²) in [6.45, 7) is 3.44. The van der Waals surface area contributed by atoms with Crippen molar-refractivity contribution in [1.29, 1.82) is 0 Å². The van der Waals surface area contributed by atoms with E-state index in [1.54, 1.807) is 54.6 Å². The molecule has 0 unspecified atom stereocenters. The lowest BCUT2D eigenvalue weighted by atomic mass is 10.1. The lowest BCUT2D eigenvalue weighted by Crippen LogP contribution is -2.48. The topological polar surface area (TPSA) is 103 Å². The van der Waals surface area contributed by atoms with E-state index in [2.05, 4.69) is 20.4 Å². The van der Waals surface area contributed by atoms with Crippen molar-refractivity contribution in [3.8, 4) is 17.2 Å². The van der Waals surface area contributed by atoms with Crippen molar-refractivity contribution in [1.82, 2.24) is 4.90 Å². The number of phenolic OH excluding ortho intramolecular Hbond substituents is 1. The summed E-state index contributed by atoms with van der Waals surface area (Å²) in [5, 5.41) is 15.2. The van der Waals surface area contributed by atoms with Crippen LogP contribution in [-0.4, -0.2) is 61.3 Å². The Morgan fingerprint density at radius 2 is 1.60 bits per heavy atom. The highest BCUT2D eigenvalue weighted by Crippen LogP contribution is 2.34. The van der Waals surface area contributed by atoms with Crippen molar-refractivity contribution in [2.75, 3.05) is 55.1 Å². The summed E-state index contributed by atoms with van der Waals surface area (Å²) in [5.74, 6) is 0.956. The predicted octanol–water partition coefficient (Wildman–Crippen LogP) is 3.13. The van der Waals surface area contributed by atoms with Gasteiger partial charge < -0.3 is 30.1 Å². The van der Waals surface area contributed by atoms with E-state index in [-0.39, 0.29) is 30.9 Å². The molecule has 9 nitrogen and oxygen atoms in total. The van der Waals surface area contributed by atoms with Crippen molar-refractivity contribution in [2.24, 2.45) is 0 Å². The SMILES string of the molecule is O=C(CN1CCN(c2ccc(O)cc2)CC1)Nc1ccccc1C(=O)Nc1ccc2c(c1)OCO2. The summed E-state index contributed by atoms with van der Waals surface area (Å²) in [5.41, 5.74) is 2.45. The van der Waals surface area contributed by atoms with Crippen molar-refractivity contribution >= 4 is 28.9 Å². The second-order valence-corrected chi connectivity index (χ2v) is 8.40. The Kier molecular flexibility index (Phi) is 6.40. The van der Waals surface area contributed by atoms with Crippen LogP contribution in [0, 0.1) is 0 Å². The van der Waals surface area contributed by atoms with Gasteiger partial charge in [0.1, 0.15) is 5.75 Å². The van der Waals surface area contributed by atoms with Crippen molar-refractivity contribution in [2.45, 2.75) is 0 Å². The van der Waals surface area contributed by atoms with E-state index in [1.165, 1.54) is 0 Å². The molecule has 180 valence electrons. The van der Waals surface area contributed by atoms with Crippen LogP contribution in [0.15, 0.2) is 66.7 Å². The van der Waals surface area contributed by atoms with Gasteiger partial charge in [-0.3, -0.25) is 14.5 Å². The second-order valence-electron chi connectivity index (χ2n) is 8.40. The molecule has 1 saturated heterocycles. The summed E-state index contributed by atoms with van der Waals surface area (Å²) < 4.78 is 10.7. The Hall–Kier alpha value is -4.24. The molecular formula is C26H26N4O5. The number of anilines is 3. The molecule has 2 heterocycles. The van der Waals surface area contributed by atoms with Gasteiger partial charge in [0.05, 0.1) is 17.8 Å². The monoisotopic (exact) mass is 474 g/mol. The van der Waals surface area contributed by atoms with Gasteiger partial charge in [-0.1, -0.05) is 12.1 Å². The summed E-state index contributed by atoms with van der Waals surface area (Å²) >= 11 is 0. The van der Waals surface area contributed by atoms with Crippen LogP contribution in [0.25, 0.3) is 0 Å². The highest BCUT2D eigenvalue weighted by atomic mass is 16.7. The number of para-hydroxylation sites is 1. The lowest BCUT2D eigenvalue weighted by Gasteiger charge is -2.35. The molecule has 0 spiro atoms. The first-order chi connectivity index (χ1) is 17.0. The van der Waals surface area contributed by atoms with Gasteiger partial charge >= 0.3 is 0 Å². The average Bonchev–Trinajstić information content (AvgIpc) is 3.33. The zero-order valence-corrected chi connectivity index (χ0v) is 19.1. The third-order valence-corrected chi connectivity index (χ3v) is 6.03. The van der Waals surface area contributed by atoms with Crippen LogP contribution in [0.1, 0.15) is 10.4 Å². The fraction of sp³-hybridized carbons (Fsp3) is 0.231. The molecule has 0 saturated carbocycles. The zero-order valence-electron chi connectivity index (χ0n) is 19.1. The van der Waals surface area contributed by atoms with Gasteiger partial charge in [-0.05, 0) is 48.5 Å². The molecule has 2 aliphatic rings. The largest absolute Gasteiger partial charge is 0.508 e. The molecule has 0 radical (unpaired) electrons. The Morgan fingerprint density at radius 1 is 0.857 bits per heavy atom. The first-order valence-corrected chi connectivity index (χ1v) is 11.4. The molecule has 35 heavy (non-hydrogen) atoms. The summed E-state index contributed by atoms with van der Waals surface area (Å²) in [7, 11) is 0. The summed E-state index contributed by atoms with van der Waals surface area (Å²) in [6.07, 6.45) is 0. The predicted molar refractivity (Wildman–Crippen MR) is 132 cm³/mol. The molecule has 3 aromatic carbocycles. The van der Waals surface area contributed by atoms with E-state index in [4.69, 9.17) is 9.47 Å². The van der Waals surface area contributed by atoms with Crippen molar-refractivity contribution < 1.29 is 24.2 Å². The third kappa shape index (κ3) is 5.30. The first-order valence-electron chi connectivity index (χ1n) is 11.4. The number of hydrogen-bond acceptors (Lipinski definition) is 7. The normalized spacial score (nSPS) is 15.0. The van der Waals surface area contributed by atoms with E-state index in [1.807, 2.05) is 12.1 Å². The van der Waals surface area contributed by atoms with Crippen LogP contribution >= 0.6 is 0 Å². The average molecular weight is 475 g/mol. The van der Waals surface area contributed by atoms with E-state index in [0.29, 0.717) is 28.4 Å². The molecular weight excluding hydrogens is 448 g/mol. The molecule has 2 amide bonds. The van der Waals surface area contributed by atoms with Gasteiger partial charge in [-0.25, -0.2) is 0 Å². The molecule has 0 aromatic heterocycles. The summed E-state index contributed by atoms with van der Waals surface area (Å²) in [6, 6.07) is 19.3. The molecule has 5 rings (SSSR count). The highest BCUT2D eigenvalue weighted by Gasteiger charge is 2.21. The van der Waals surface area contributed by atoms with Gasteiger partial charge in [0, 0.05) is 43.6 Å². The number of fused-ring (bicyclic) bond motifs is 1. The maximum Gasteiger partial charge on any atom is 0.257 e. The number of ether oxygens (including phenoxy) is 2. The third-order valence-electron chi connectivity index (χ3n) is 6.03. The zero-order chi connectivity index (χ0) is 24.2. The van der Waals surface area contributed by atoms with E-state index < -0.39 is 0 Å². The number of phenols is 1. The first kappa shape index (κ1) is 22.5. The van der Waals surface area contributed by atoms with E-state index in [9.17, 15) is 14.7 Å². The molecule has 2 aliphatic heterocycles. The number of carbonyl (C=O) groups excluding carboxylic acids is 2. The van der Waals surface area contributed by atoms with E-state index in [0.717, 1.165) is 31.9 Å². The van der Waals surface area contributed by atoms with Gasteiger partial charge in [0.2, 0.25) is 12.7 Å². The van der Waals surface area contributed by atoms with Crippen LogP contribution in [0.3, 0.4) is 0 Å². The van der Waals surface area contributed by atoms with E-state index >= 15 is 0 Å². The van der Waals surface area contributed by atoms with Crippen LogP contribution in [-0.2, 0) is 4.79 Å². The standard InChI is InChI=1S/C26H26N4O5/c31-20-8-6-19(7-9-20)30-13-11-29(12-14-30)16-25(32)28-22-4-2-1-3-21(22)26(33)27-18-5-10-23-24(15-18)35-17-34-23/h1-10,15,31H,11-14,16-17H2,(H,27,33)(H,28,32). The lowest BCUT2D eigenvalue weighted by molar-refractivity contribution is -0.117. The number of rotatable bonds is 6. The molecule has 1 fully saturated rings. The smallest absolute Gasteiger partial charge is 0.257 e. The Labute approximate surface area is 202 Å². The van der Waals surface area contributed by atoms with Crippen molar-refractivity contribution in [3.63, 3.8) is 0 Å². The molecule has 0 aliphatic carbocycles. The number of benzene rings is 3. The minimum Gasteiger partial charge on any atom is -0.508 e. The molecule has 9 heteroatoms. The molecule has 3 aromatic rings. The van der Waals surface area contributed by atoms with Gasteiger partial charge in [-0.15, -0.1) is 0 Å². The van der Waals surface area contributed by atoms with Gasteiger partial charge in [0.25, 0.3) is 5.91 Å². The Bertz CT molecular complexity index is 1220. The minimum absolute atomic E-state index is 0.160. The van der Waals surface area contributed by atoms with Crippen LogP contribution in [0.4, 0.5) is 17.1 Å². The minimum atomic E-state index is -0.331. The number of amides is 2. The van der Waals surface area contributed by atoms with Crippen LogP contribution in [0.2, 0.25) is 0 Å². The number of nitrogens with one attached hydrogen (secondary N) is 2. The second kappa shape index (κ2) is 9.94. The number of aromatic hydroxyl groups is 1. The molecule has 3 N–H and O–H groups in total. The van der Waals surface area contributed by atoms with Gasteiger partial charge in [-0.2, -0.15) is 0 Å². The maximum atomic E-state index is 12.9. The van der Waals surface area contributed by atoms with Gasteiger partial charge in [0.15, 0.2) is 11.5 Å². The molecule has 0 bridgehead atoms. The Morgan fingerprint density at radius 3 is 2.40 bits per heavy atom. The maximum absolute atomic E-state index is 12.9. The fourth-order valence-electron chi connectivity index (χ4n) is 4.18. The Balaban J connectivity index is 1.17. The van der Waals surface area contributed by atoms with Crippen LogP contribution in [0.5, 0.6) is 17.2 Å². The number of nitrogens with zero attached hydrogens (tertiary/aromatic N) is 2. The number of piperazine rings is 1. The van der Waals surface area contributed by atoms with Crippen molar-refractivity contribution in [3.05, 3.63) is 72.3 Å². The highest BCUT2D eigenvalue weighted by molar-refractivity contribution is 6.10. The quantitative estimate of drug-likeness (QED) is 0.504.